The second-order valence-corrected chi connectivity index (χ2v) is 6.12. The van der Waals surface area contributed by atoms with Gasteiger partial charge in [0.05, 0.1) is 0 Å². The van der Waals surface area contributed by atoms with E-state index in [0.29, 0.717) is 34.8 Å². The van der Waals surface area contributed by atoms with E-state index in [-0.39, 0.29) is 5.43 Å². The Balaban J connectivity index is 1.78. The SMILES string of the molecule is CSCCCNC(=O)Oc1ccc2nc3ccc(=O)cc-3oc2c1. The Bertz CT molecular complexity index is 893. The molecule has 1 amide bonds. The molecule has 0 spiro atoms. The maximum absolute atomic E-state index is 11.7. The van der Waals surface area contributed by atoms with E-state index < -0.39 is 6.09 Å². The molecule has 7 heteroatoms. The van der Waals surface area contributed by atoms with Crippen LogP contribution in [0.3, 0.4) is 0 Å². The van der Waals surface area contributed by atoms with Crippen molar-refractivity contribution in [2.75, 3.05) is 18.6 Å². The first-order valence-corrected chi connectivity index (χ1v) is 8.84. The van der Waals surface area contributed by atoms with Crippen molar-refractivity contribution in [2.24, 2.45) is 0 Å². The van der Waals surface area contributed by atoms with Crippen LogP contribution in [0.1, 0.15) is 6.42 Å². The van der Waals surface area contributed by atoms with Gasteiger partial charge < -0.3 is 14.5 Å². The van der Waals surface area contributed by atoms with Gasteiger partial charge >= 0.3 is 6.09 Å². The number of rotatable bonds is 5. The topological polar surface area (TPSA) is 81.4 Å². The van der Waals surface area contributed by atoms with Gasteiger partial charge in [-0.2, -0.15) is 11.8 Å². The van der Waals surface area contributed by atoms with Gasteiger partial charge in [0.25, 0.3) is 0 Å². The number of thioether (sulfide) groups is 1. The minimum atomic E-state index is -0.508. The Hall–Kier alpha value is -2.54. The van der Waals surface area contributed by atoms with E-state index in [9.17, 15) is 9.59 Å². The molecule has 0 saturated carbocycles. The van der Waals surface area contributed by atoms with Crippen LogP contribution < -0.4 is 15.5 Å². The third-order valence-corrected chi connectivity index (χ3v) is 4.03. The molecule has 1 N–H and O–H groups in total. The van der Waals surface area contributed by atoms with Gasteiger partial charge in [0.1, 0.15) is 17.0 Å². The Kier molecular flexibility index (Phi) is 5.00. The predicted molar refractivity (Wildman–Crippen MR) is 93.9 cm³/mol. The highest BCUT2D eigenvalue weighted by Gasteiger charge is 2.11. The zero-order chi connectivity index (χ0) is 16.9. The number of nitrogens with zero attached hydrogens (tertiary/aromatic N) is 1. The minimum absolute atomic E-state index is 0.149. The largest absolute Gasteiger partial charge is 0.453 e. The number of hydrogen-bond acceptors (Lipinski definition) is 6. The van der Waals surface area contributed by atoms with Gasteiger partial charge in [0.15, 0.2) is 16.8 Å². The third-order valence-electron chi connectivity index (χ3n) is 3.33. The molecule has 24 heavy (non-hydrogen) atoms. The van der Waals surface area contributed by atoms with Gasteiger partial charge in [-0.1, -0.05) is 0 Å². The van der Waals surface area contributed by atoms with E-state index >= 15 is 0 Å². The summed E-state index contributed by atoms with van der Waals surface area (Å²) in [7, 11) is 0. The first-order valence-electron chi connectivity index (χ1n) is 7.45. The molecule has 0 radical (unpaired) electrons. The molecule has 2 aliphatic rings. The van der Waals surface area contributed by atoms with Crippen molar-refractivity contribution >= 4 is 29.0 Å². The van der Waals surface area contributed by atoms with Crippen molar-refractivity contribution < 1.29 is 13.9 Å². The lowest BCUT2D eigenvalue weighted by molar-refractivity contribution is 0.200. The van der Waals surface area contributed by atoms with Crippen LogP contribution in [0, 0.1) is 0 Å². The lowest BCUT2D eigenvalue weighted by Gasteiger charge is -2.08. The van der Waals surface area contributed by atoms with Crippen molar-refractivity contribution in [3.05, 3.63) is 46.6 Å². The first kappa shape index (κ1) is 16.3. The Morgan fingerprint density at radius 2 is 2.17 bits per heavy atom. The van der Waals surface area contributed by atoms with Gasteiger partial charge in [0.2, 0.25) is 0 Å². The fourth-order valence-electron chi connectivity index (χ4n) is 2.20. The summed E-state index contributed by atoms with van der Waals surface area (Å²) in [5, 5.41) is 2.69. The Morgan fingerprint density at radius 3 is 3.00 bits per heavy atom. The minimum Gasteiger partial charge on any atom is -0.453 e. The number of amides is 1. The van der Waals surface area contributed by atoms with Gasteiger partial charge in [-0.15, -0.1) is 0 Å². The zero-order valence-corrected chi connectivity index (χ0v) is 13.9. The zero-order valence-electron chi connectivity index (χ0n) is 13.1. The monoisotopic (exact) mass is 344 g/mol. The molecule has 0 aromatic heterocycles. The number of hydrogen-bond donors (Lipinski definition) is 1. The number of nitrogens with one attached hydrogen (secondary N) is 1. The number of fused-ring (bicyclic) bond motifs is 2. The average Bonchev–Trinajstić information content (AvgIpc) is 2.57. The lowest BCUT2D eigenvalue weighted by Crippen LogP contribution is -2.27. The molecule has 1 aromatic carbocycles. The fraction of sp³-hybridized carbons (Fsp3) is 0.235. The maximum atomic E-state index is 11.7. The summed E-state index contributed by atoms with van der Waals surface area (Å²) in [5.74, 6) is 1.73. The van der Waals surface area contributed by atoms with Gasteiger partial charge in [0, 0.05) is 18.7 Å². The summed E-state index contributed by atoms with van der Waals surface area (Å²) < 4.78 is 10.9. The van der Waals surface area contributed by atoms with Crippen LogP contribution in [0.4, 0.5) is 4.79 Å². The van der Waals surface area contributed by atoms with Gasteiger partial charge in [-0.05, 0) is 42.7 Å². The highest BCUT2D eigenvalue weighted by Crippen LogP contribution is 2.26. The molecule has 0 atom stereocenters. The van der Waals surface area contributed by atoms with Crippen LogP contribution in [0.15, 0.2) is 45.6 Å². The van der Waals surface area contributed by atoms with E-state index in [4.69, 9.17) is 9.15 Å². The summed E-state index contributed by atoms with van der Waals surface area (Å²) in [6.07, 6.45) is 2.40. The molecule has 0 saturated heterocycles. The Morgan fingerprint density at radius 1 is 1.29 bits per heavy atom. The third kappa shape index (κ3) is 3.86. The molecule has 1 aliphatic carbocycles. The molecule has 124 valence electrons. The lowest BCUT2D eigenvalue weighted by atomic mass is 10.2. The van der Waals surface area contributed by atoms with E-state index in [1.54, 1.807) is 36.0 Å². The van der Waals surface area contributed by atoms with E-state index in [0.717, 1.165) is 12.2 Å². The Labute approximate surface area is 142 Å². The first-order chi connectivity index (χ1) is 11.7. The summed E-state index contributed by atoms with van der Waals surface area (Å²) >= 11 is 1.73. The van der Waals surface area contributed by atoms with Crippen molar-refractivity contribution in [1.82, 2.24) is 10.3 Å². The standard InChI is InChI=1S/C17H16N2O4S/c1-24-8-2-7-18-17(21)22-12-4-6-14-16(10-12)23-15-9-11(20)3-5-13(15)19-14/h3-6,9-10H,2,7-8H2,1H3,(H,18,21). The molecule has 0 fully saturated rings. The molecule has 1 heterocycles. The molecule has 0 bridgehead atoms. The number of benzene rings is 2. The number of carbonyl (C=O) groups is 1. The fourth-order valence-corrected chi connectivity index (χ4v) is 2.63. The van der Waals surface area contributed by atoms with Crippen LogP contribution >= 0.6 is 11.8 Å². The number of ether oxygens (including phenoxy) is 1. The van der Waals surface area contributed by atoms with Gasteiger partial charge in [-0.3, -0.25) is 4.79 Å². The molecule has 1 aromatic rings. The summed E-state index contributed by atoms with van der Waals surface area (Å²) in [6.45, 7) is 0.566. The summed E-state index contributed by atoms with van der Waals surface area (Å²) in [6, 6.07) is 9.39. The number of carbonyl (C=O) groups excluding carboxylic acids is 1. The second kappa shape index (κ2) is 7.35. The van der Waals surface area contributed by atoms with Crippen molar-refractivity contribution in [3.63, 3.8) is 0 Å². The highest BCUT2D eigenvalue weighted by atomic mass is 32.2. The quantitative estimate of drug-likeness (QED) is 0.566. The molecule has 3 rings (SSSR count). The molecular formula is C17H16N2O4S. The van der Waals surface area contributed by atoms with Crippen LogP contribution in [-0.4, -0.2) is 29.6 Å². The number of aromatic nitrogens is 1. The average molecular weight is 344 g/mol. The second-order valence-electron chi connectivity index (χ2n) is 5.14. The molecular weight excluding hydrogens is 328 g/mol. The smallest absolute Gasteiger partial charge is 0.412 e. The molecule has 1 aliphatic heterocycles. The summed E-state index contributed by atoms with van der Waals surface area (Å²) in [4.78, 5) is 27.6. The maximum Gasteiger partial charge on any atom is 0.412 e. The van der Waals surface area contributed by atoms with Crippen LogP contribution in [0.25, 0.3) is 22.6 Å². The molecule has 0 unspecified atom stereocenters. The van der Waals surface area contributed by atoms with Crippen LogP contribution in [-0.2, 0) is 0 Å². The summed E-state index contributed by atoms with van der Waals surface area (Å²) in [5.41, 5.74) is 1.52. The van der Waals surface area contributed by atoms with Crippen molar-refractivity contribution in [3.8, 4) is 17.2 Å². The van der Waals surface area contributed by atoms with Crippen LogP contribution in [0.2, 0.25) is 0 Å². The highest BCUT2D eigenvalue weighted by molar-refractivity contribution is 7.98. The van der Waals surface area contributed by atoms with Crippen molar-refractivity contribution in [2.45, 2.75) is 6.42 Å². The molecule has 6 nitrogen and oxygen atoms in total. The van der Waals surface area contributed by atoms with Crippen LogP contribution in [0.5, 0.6) is 5.75 Å². The normalized spacial score (nSPS) is 10.9. The van der Waals surface area contributed by atoms with Crippen molar-refractivity contribution in [1.29, 1.82) is 0 Å². The van der Waals surface area contributed by atoms with E-state index in [2.05, 4.69) is 10.3 Å². The van der Waals surface area contributed by atoms with E-state index in [1.807, 2.05) is 6.26 Å². The van der Waals surface area contributed by atoms with E-state index in [1.165, 1.54) is 12.1 Å². The van der Waals surface area contributed by atoms with Gasteiger partial charge in [-0.25, -0.2) is 9.78 Å². The predicted octanol–water partition coefficient (Wildman–Crippen LogP) is 3.13.